The Labute approximate surface area is 287 Å². The molecule has 0 aliphatic heterocycles. The molecule has 1 N–H and O–H groups in total. The SMILES string of the molecule is Cc1ccccc1CN(C(=O)CN(c1ccc(C23CC4CC(CC(C4)C2)C3)cc1)S(C)(=O)=O)C(Cc1ccccc1)C(=O)NC(C)(C)C. The van der Waals surface area contributed by atoms with Crippen LogP contribution in [0, 0.1) is 24.7 Å². The highest BCUT2D eigenvalue weighted by Crippen LogP contribution is 2.60. The molecular weight excluding hydrogens is 619 g/mol. The van der Waals surface area contributed by atoms with Crippen LogP contribution in [0.5, 0.6) is 0 Å². The van der Waals surface area contributed by atoms with Crippen LogP contribution < -0.4 is 9.62 Å². The third kappa shape index (κ3) is 7.64. The van der Waals surface area contributed by atoms with Gasteiger partial charge >= 0.3 is 0 Å². The predicted octanol–water partition coefficient (Wildman–Crippen LogP) is 6.78. The quantitative estimate of drug-likeness (QED) is 0.244. The lowest BCUT2D eigenvalue weighted by atomic mass is 9.48. The zero-order valence-electron chi connectivity index (χ0n) is 29.1. The lowest BCUT2D eigenvalue weighted by Crippen LogP contribution is -2.56. The zero-order valence-corrected chi connectivity index (χ0v) is 29.9. The maximum absolute atomic E-state index is 14.5. The van der Waals surface area contributed by atoms with E-state index in [1.54, 1.807) is 4.90 Å². The summed E-state index contributed by atoms with van der Waals surface area (Å²) in [5.41, 5.74) is 4.23. The van der Waals surface area contributed by atoms with Gasteiger partial charge in [0, 0.05) is 18.5 Å². The lowest BCUT2D eigenvalue weighted by molar-refractivity contribution is -0.140. The number of benzene rings is 3. The molecule has 0 aromatic heterocycles. The summed E-state index contributed by atoms with van der Waals surface area (Å²) < 4.78 is 27.9. The molecule has 48 heavy (non-hydrogen) atoms. The molecule has 4 saturated carbocycles. The molecular formula is C40H51N3O4S. The van der Waals surface area contributed by atoms with Crippen LogP contribution in [0.15, 0.2) is 78.9 Å². The van der Waals surface area contributed by atoms with Gasteiger partial charge in [-0.3, -0.25) is 13.9 Å². The molecule has 8 heteroatoms. The van der Waals surface area contributed by atoms with Gasteiger partial charge in [0.15, 0.2) is 0 Å². The van der Waals surface area contributed by atoms with Gasteiger partial charge in [0.05, 0.1) is 11.9 Å². The summed E-state index contributed by atoms with van der Waals surface area (Å²) in [6.07, 6.45) is 9.18. The van der Waals surface area contributed by atoms with Crippen molar-refractivity contribution in [1.82, 2.24) is 10.2 Å². The molecule has 256 valence electrons. The van der Waals surface area contributed by atoms with Crippen molar-refractivity contribution < 1.29 is 18.0 Å². The monoisotopic (exact) mass is 669 g/mol. The van der Waals surface area contributed by atoms with E-state index < -0.39 is 34.1 Å². The molecule has 2 amide bonds. The van der Waals surface area contributed by atoms with Gasteiger partial charge in [0.25, 0.3) is 0 Å². The summed E-state index contributed by atoms with van der Waals surface area (Å²) in [5, 5.41) is 3.09. The van der Waals surface area contributed by atoms with Gasteiger partial charge in [0.1, 0.15) is 12.6 Å². The average Bonchev–Trinajstić information content (AvgIpc) is 3.01. The fourth-order valence-electron chi connectivity index (χ4n) is 9.04. The second-order valence-corrected chi connectivity index (χ2v) is 17.8. The van der Waals surface area contributed by atoms with Crippen LogP contribution in [0.4, 0.5) is 5.69 Å². The minimum atomic E-state index is -3.83. The summed E-state index contributed by atoms with van der Waals surface area (Å²) in [4.78, 5) is 30.1. The van der Waals surface area contributed by atoms with Crippen molar-refractivity contribution in [3.05, 3.63) is 101 Å². The number of hydrogen-bond acceptors (Lipinski definition) is 4. The van der Waals surface area contributed by atoms with E-state index in [0.717, 1.165) is 40.7 Å². The minimum Gasteiger partial charge on any atom is -0.350 e. The lowest BCUT2D eigenvalue weighted by Gasteiger charge is -2.57. The molecule has 4 aliphatic carbocycles. The fraction of sp³-hybridized carbons (Fsp3) is 0.500. The maximum Gasteiger partial charge on any atom is 0.244 e. The van der Waals surface area contributed by atoms with Crippen LogP contribution in [0.25, 0.3) is 0 Å². The Kier molecular flexibility index (Phi) is 9.51. The summed E-state index contributed by atoms with van der Waals surface area (Å²) >= 11 is 0. The third-order valence-electron chi connectivity index (χ3n) is 10.9. The number of carbonyl (C=O) groups is 2. The molecule has 3 aromatic rings. The van der Waals surface area contributed by atoms with E-state index in [1.807, 2.05) is 94.4 Å². The molecule has 3 aromatic carbocycles. The van der Waals surface area contributed by atoms with Gasteiger partial charge < -0.3 is 10.2 Å². The molecule has 0 radical (unpaired) electrons. The number of hydrogen-bond donors (Lipinski definition) is 1. The minimum absolute atomic E-state index is 0.170. The largest absolute Gasteiger partial charge is 0.350 e. The second-order valence-electron chi connectivity index (χ2n) is 15.9. The first-order chi connectivity index (χ1) is 22.7. The molecule has 1 atom stereocenters. The van der Waals surface area contributed by atoms with Gasteiger partial charge in [-0.05, 0) is 124 Å². The molecule has 4 fully saturated rings. The van der Waals surface area contributed by atoms with Crippen molar-refractivity contribution >= 4 is 27.5 Å². The van der Waals surface area contributed by atoms with Crippen molar-refractivity contribution in [2.75, 3.05) is 17.1 Å². The standard InChI is InChI=1S/C40H51N3O4S/c1-28-11-9-10-14-33(28)26-42(36(38(45)41-39(2,3)4)22-29-12-7-6-8-13-29)37(44)27-43(48(5,46)47)35-17-15-34(16-18-35)40-23-30-19-31(24-40)21-32(20-30)25-40/h6-18,30-32,36H,19-27H2,1-5H3,(H,41,45). The number of rotatable bonds is 11. The van der Waals surface area contributed by atoms with Gasteiger partial charge in [-0.2, -0.15) is 0 Å². The van der Waals surface area contributed by atoms with E-state index in [2.05, 4.69) is 17.4 Å². The number of amides is 2. The van der Waals surface area contributed by atoms with Crippen LogP contribution in [0.3, 0.4) is 0 Å². The molecule has 0 heterocycles. The fourth-order valence-corrected chi connectivity index (χ4v) is 9.89. The van der Waals surface area contributed by atoms with Gasteiger partial charge in [-0.1, -0.05) is 66.7 Å². The third-order valence-corrected chi connectivity index (χ3v) is 12.0. The van der Waals surface area contributed by atoms with Crippen LogP contribution >= 0.6 is 0 Å². The number of aryl methyl sites for hydroxylation is 1. The van der Waals surface area contributed by atoms with E-state index in [1.165, 1.54) is 48.4 Å². The second kappa shape index (κ2) is 13.3. The molecule has 4 aliphatic rings. The topological polar surface area (TPSA) is 86.8 Å². The Morgan fingerprint density at radius 1 is 0.854 bits per heavy atom. The zero-order chi connectivity index (χ0) is 34.3. The highest BCUT2D eigenvalue weighted by atomic mass is 32.2. The van der Waals surface area contributed by atoms with E-state index in [0.29, 0.717) is 12.1 Å². The first kappa shape index (κ1) is 34.2. The van der Waals surface area contributed by atoms with Gasteiger partial charge in [-0.15, -0.1) is 0 Å². The van der Waals surface area contributed by atoms with Crippen molar-refractivity contribution in [2.45, 2.75) is 96.2 Å². The van der Waals surface area contributed by atoms with Gasteiger partial charge in [-0.25, -0.2) is 8.42 Å². The Morgan fingerprint density at radius 2 is 1.42 bits per heavy atom. The first-order valence-corrected chi connectivity index (χ1v) is 19.3. The van der Waals surface area contributed by atoms with Crippen molar-refractivity contribution in [2.24, 2.45) is 17.8 Å². The molecule has 0 spiro atoms. The summed E-state index contributed by atoms with van der Waals surface area (Å²) in [6, 6.07) is 24.5. The Morgan fingerprint density at radius 3 is 1.96 bits per heavy atom. The molecule has 4 bridgehead atoms. The van der Waals surface area contributed by atoms with E-state index in [9.17, 15) is 18.0 Å². The summed E-state index contributed by atoms with van der Waals surface area (Å²) in [5.74, 6) is 1.71. The average molecular weight is 670 g/mol. The Hall–Kier alpha value is -3.65. The molecule has 7 nitrogen and oxygen atoms in total. The number of carbonyl (C=O) groups excluding carboxylic acids is 2. The highest BCUT2D eigenvalue weighted by molar-refractivity contribution is 7.92. The van der Waals surface area contributed by atoms with E-state index >= 15 is 0 Å². The summed E-state index contributed by atoms with van der Waals surface area (Å²) in [6.45, 7) is 7.48. The van der Waals surface area contributed by atoms with Crippen LogP contribution in [0.2, 0.25) is 0 Å². The number of nitrogens with one attached hydrogen (secondary N) is 1. The van der Waals surface area contributed by atoms with Crippen molar-refractivity contribution in [1.29, 1.82) is 0 Å². The van der Waals surface area contributed by atoms with Crippen LogP contribution in [-0.2, 0) is 38.0 Å². The van der Waals surface area contributed by atoms with Crippen LogP contribution in [0.1, 0.15) is 81.5 Å². The normalized spacial score (nSPS) is 23.8. The predicted molar refractivity (Wildman–Crippen MR) is 192 cm³/mol. The van der Waals surface area contributed by atoms with Gasteiger partial charge in [0.2, 0.25) is 21.8 Å². The Balaban J connectivity index is 1.32. The number of sulfonamides is 1. The van der Waals surface area contributed by atoms with Crippen LogP contribution in [-0.4, -0.2) is 49.5 Å². The molecule has 1 unspecified atom stereocenters. The first-order valence-electron chi connectivity index (χ1n) is 17.5. The van der Waals surface area contributed by atoms with E-state index in [4.69, 9.17) is 0 Å². The smallest absolute Gasteiger partial charge is 0.244 e. The van der Waals surface area contributed by atoms with E-state index in [-0.39, 0.29) is 17.9 Å². The highest BCUT2D eigenvalue weighted by Gasteiger charge is 2.51. The summed E-state index contributed by atoms with van der Waals surface area (Å²) in [7, 11) is -3.83. The van der Waals surface area contributed by atoms with Crippen molar-refractivity contribution in [3.8, 4) is 0 Å². The number of anilines is 1. The Bertz CT molecular complexity index is 1690. The van der Waals surface area contributed by atoms with Crippen molar-refractivity contribution in [3.63, 3.8) is 0 Å². The molecule has 0 saturated heterocycles. The maximum atomic E-state index is 14.5. The molecule has 7 rings (SSSR count). The number of nitrogens with zero attached hydrogens (tertiary/aromatic N) is 2.